The van der Waals surface area contributed by atoms with E-state index in [1.165, 1.54) is 10.9 Å². The van der Waals surface area contributed by atoms with Crippen molar-refractivity contribution in [2.24, 2.45) is 0 Å². The zero-order valence-electron chi connectivity index (χ0n) is 17.7. The van der Waals surface area contributed by atoms with Crippen molar-refractivity contribution in [2.75, 3.05) is 13.2 Å². The first-order valence-corrected chi connectivity index (χ1v) is 10.8. The molecular formula is C28H24N2O2. The highest BCUT2D eigenvalue weighted by Crippen LogP contribution is 2.32. The number of ether oxygens (including phenoxy) is 1. The zero-order valence-corrected chi connectivity index (χ0v) is 17.7. The van der Waals surface area contributed by atoms with Gasteiger partial charge >= 0.3 is 0 Å². The predicted octanol–water partition coefficient (Wildman–Crippen LogP) is 5.54. The van der Waals surface area contributed by atoms with Crippen LogP contribution in [-0.2, 0) is 6.42 Å². The van der Waals surface area contributed by atoms with Crippen molar-refractivity contribution in [3.8, 4) is 5.75 Å². The summed E-state index contributed by atoms with van der Waals surface area (Å²) in [4.78, 5) is 16.9. The van der Waals surface area contributed by atoms with E-state index < -0.39 is 0 Å². The Bertz CT molecular complexity index is 1330. The summed E-state index contributed by atoms with van der Waals surface area (Å²) in [5.74, 6) is 0.529. The quantitative estimate of drug-likeness (QED) is 0.417. The van der Waals surface area contributed by atoms with Crippen molar-refractivity contribution >= 4 is 22.4 Å². The molecule has 0 radical (unpaired) electrons. The number of carbonyl (C=O) groups is 1. The van der Waals surface area contributed by atoms with Crippen LogP contribution in [0.1, 0.15) is 21.5 Å². The fourth-order valence-electron chi connectivity index (χ4n) is 4.20. The molecule has 158 valence electrons. The second-order valence-electron chi connectivity index (χ2n) is 7.87. The lowest BCUT2D eigenvalue weighted by Gasteiger charge is -2.17. The van der Waals surface area contributed by atoms with Crippen molar-refractivity contribution in [1.29, 1.82) is 0 Å². The number of hydrogen-bond donors (Lipinski definition) is 2. The van der Waals surface area contributed by atoms with E-state index in [1.807, 2.05) is 60.7 Å². The summed E-state index contributed by atoms with van der Waals surface area (Å²) in [5.41, 5.74) is 5.93. The van der Waals surface area contributed by atoms with Gasteiger partial charge in [-0.15, -0.1) is 0 Å². The Labute approximate surface area is 187 Å². The number of aromatic nitrogens is 1. The minimum Gasteiger partial charge on any atom is -0.488 e. The molecule has 4 heteroatoms. The number of nitrogens with one attached hydrogen (secondary N) is 2. The number of fused-ring (bicyclic) bond motifs is 2. The normalized spacial score (nSPS) is 15.1. The third-order valence-electron chi connectivity index (χ3n) is 5.80. The number of carbonyl (C=O) groups excluding carboxylic acids is 1. The highest BCUT2D eigenvalue weighted by Gasteiger charge is 2.27. The lowest BCUT2D eigenvalue weighted by Crippen LogP contribution is -2.21. The topological polar surface area (TPSA) is 54.1 Å². The van der Waals surface area contributed by atoms with Crippen molar-refractivity contribution in [3.05, 3.63) is 119 Å². The molecular weight excluding hydrogens is 396 g/mol. The molecule has 1 aliphatic rings. The fraction of sp³-hybridized carbons (Fsp3) is 0.107. The third kappa shape index (κ3) is 3.71. The molecule has 0 aliphatic carbocycles. The molecule has 4 aromatic rings. The smallest absolute Gasteiger partial charge is 0.199 e. The average molecular weight is 421 g/mol. The highest BCUT2D eigenvalue weighted by atomic mass is 16.5. The molecule has 32 heavy (non-hydrogen) atoms. The number of aromatic amines is 1. The Kier molecular flexibility index (Phi) is 5.34. The van der Waals surface area contributed by atoms with Gasteiger partial charge in [-0.2, -0.15) is 0 Å². The van der Waals surface area contributed by atoms with E-state index in [4.69, 9.17) is 4.74 Å². The molecule has 1 aliphatic heterocycles. The van der Waals surface area contributed by atoms with Gasteiger partial charge in [0.15, 0.2) is 5.78 Å². The van der Waals surface area contributed by atoms with Gasteiger partial charge in [-0.25, -0.2) is 0 Å². The van der Waals surface area contributed by atoms with E-state index in [2.05, 4.69) is 41.3 Å². The molecule has 2 heterocycles. The third-order valence-corrected chi connectivity index (χ3v) is 5.80. The molecule has 3 aromatic carbocycles. The van der Waals surface area contributed by atoms with Gasteiger partial charge < -0.3 is 15.0 Å². The van der Waals surface area contributed by atoms with Crippen LogP contribution in [-0.4, -0.2) is 23.9 Å². The first-order valence-electron chi connectivity index (χ1n) is 10.8. The number of hydrogen-bond acceptors (Lipinski definition) is 3. The van der Waals surface area contributed by atoms with E-state index >= 15 is 0 Å². The van der Waals surface area contributed by atoms with Gasteiger partial charge in [0.2, 0.25) is 0 Å². The van der Waals surface area contributed by atoms with Crippen LogP contribution >= 0.6 is 0 Å². The lowest BCUT2D eigenvalue weighted by molar-refractivity contribution is 0.103. The highest BCUT2D eigenvalue weighted by molar-refractivity contribution is 6.17. The summed E-state index contributed by atoms with van der Waals surface area (Å²) in [6.45, 7) is 5.14. The molecule has 0 saturated heterocycles. The minimum absolute atomic E-state index is 0.0680. The molecule has 4 nitrogen and oxygen atoms in total. The van der Waals surface area contributed by atoms with Crippen molar-refractivity contribution in [2.45, 2.75) is 6.42 Å². The van der Waals surface area contributed by atoms with Crippen LogP contribution in [0.3, 0.4) is 0 Å². The Hall–Kier alpha value is -4.05. The first kappa shape index (κ1) is 19.9. The lowest BCUT2D eigenvalue weighted by atomic mass is 9.93. The van der Waals surface area contributed by atoms with Crippen LogP contribution in [0.4, 0.5) is 0 Å². The zero-order chi connectivity index (χ0) is 21.9. The summed E-state index contributed by atoms with van der Waals surface area (Å²) in [5, 5.41) is 4.78. The Morgan fingerprint density at radius 2 is 1.72 bits per heavy atom. The summed E-state index contributed by atoms with van der Waals surface area (Å²) < 4.78 is 5.87. The maximum atomic E-state index is 13.6. The predicted molar refractivity (Wildman–Crippen MR) is 129 cm³/mol. The van der Waals surface area contributed by atoms with Crippen LogP contribution in [0.2, 0.25) is 0 Å². The van der Waals surface area contributed by atoms with Crippen LogP contribution in [0.5, 0.6) is 5.75 Å². The van der Waals surface area contributed by atoms with E-state index in [1.54, 1.807) is 0 Å². The van der Waals surface area contributed by atoms with Crippen LogP contribution in [0.25, 0.3) is 16.6 Å². The van der Waals surface area contributed by atoms with Crippen LogP contribution < -0.4 is 10.1 Å². The first-order chi connectivity index (χ1) is 15.7. The molecule has 0 amide bonds. The number of benzene rings is 3. The largest absolute Gasteiger partial charge is 0.488 e. The molecule has 0 saturated carbocycles. The second-order valence-corrected chi connectivity index (χ2v) is 7.87. The number of rotatable bonds is 5. The molecule has 0 fully saturated rings. The van der Waals surface area contributed by atoms with Crippen molar-refractivity contribution in [3.63, 3.8) is 0 Å². The fourth-order valence-corrected chi connectivity index (χ4v) is 4.20. The number of para-hydroxylation sites is 2. The van der Waals surface area contributed by atoms with E-state index in [9.17, 15) is 4.79 Å². The van der Waals surface area contributed by atoms with Gasteiger partial charge in [-0.3, -0.25) is 4.79 Å². The Morgan fingerprint density at radius 1 is 0.969 bits per heavy atom. The van der Waals surface area contributed by atoms with Gasteiger partial charge in [-0.05, 0) is 41.3 Å². The SMILES string of the molecule is C=C1COc2ccccc2C(=O)/C1=C(\NCCc1c[nH]c2ccccc12)c1ccccc1. The standard InChI is InChI=1S/C28H24N2O2/c1-19-18-32-25-14-8-6-12-23(25)28(31)26(19)27(20-9-3-2-4-10-20)29-16-15-21-17-30-24-13-7-5-11-22(21)24/h2-14,17,29-30H,1,15-16,18H2/b27-26-. The van der Waals surface area contributed by atoms with Crippen LogP contribution in [0, 0.1) is 0 Å². The van der Waals surface area contributed by atoms with Gasteiger partial charge in [-0.1, -0.05) is 67.2 Å². The van der Waals surface area contributed by atoms with Gasteiger partial charge in [0.25, 0.3) is 0 Å². The molecule has 0 atom stereocenters. The monoisotopic (exact) mass is 420 g/mol. The maximum absolute atomic E-state index is 13.6. The van der Waals surface area contributed by atoms with Crippen LogP contribution in [0.15, 0.2) is 103 Å². The Balaban J connectivity index is 1.51. The van der Waals surface area contributed by atoms with Gasteiger partial charge in [0.1, 0.15) is 12.4 Å². The van der Waals surface area contributed by atoms with E-state index in [0.717, 1.165) is 23.2 Å². The molecule has 5 rings (SSSR count). The van der Waals surface area contributed by atoms with Crippen molar-refractivity contribution < 1.29 is 9.53 Å². The van der Waals surface area contributed by atoms with E-state index in [-0.39, 0.29) is 12.4 Å². The minimum atomic E-state index is -0.0680. The Morgan fingerprint density at radius 3 is 2.59 bits per heavy atom. The van der Waals surface area contributed by atoms with Gasteiger partial charge in [0, 0.05) is 23.6 Å². The summed E-state index contributed by atoms with van der Waals surface area (Å²) in [7, 11) is 0. The summed E-state index contributed by atoms with van der Waals surface area (Å²) in [6.07, 6.45) is 2.88. The maximum Gasteiger partial charge on any atom is 0.199 e. The summed E-state index contributed by atoms with van der Waals surface area (Å²) in [6, 6.07) is 25.6. The number of ketones is 1. The van der Waals surface area contributed by atoms with E-state index in [0.29, 0.717) is 29.0 Å². The number of Topliss-reactive ketones (excluding diaryl/α,β-unsaturated/α-hetero) is 1. The molecule has 2 N–H and O–H groups in total. The average Bonchev–Trinajstić information content (AvgIpc) is 3.20. The molecule has 0 unspecified atom stereocenters. The van der Waals surface area contributed by atoms with Gasteiger partial charge in [0.05, 0.1) is 16.8 Å². The molecule has 0 bridgehead atoms. The molecule has 1 aromatic heterocycles. The van der Waals surface area contributed by atoms with Crippen molar-refractivity contribution in [1.82, 2.24) is 10.3 Å². The number of H-pyrrole nitrogens is 1. The second kappa shape index (κ2) is 8.60. The summed E-state index contributed by atoms with van der Waals surface area (Å²) >= 11 is 0. The molecule has 0 spiro atoms.